The van der Waals surface area contributed by atoms with Gasteiger partial charge in [-0.2, -0.15) is 0 Å². The fourth-order valence-electron chi connectivity index (χ4n) is 5.30. The molecule has 0 atom stereocenters. The Kier molecular flexibility index (Phi) is 8.26. The summed E-state index contributed by atoms with van der Waals surface area (Å²) in [6.45, 7) is 11.8. The van der Waals surface area contributed by atoms with Crippen LogP contribution in [0.5, 0.6) is 0 Å². The number of thioether (sulfide) groups is 1. The molecule has 5 rings (SSSR count). The van der Waals surface area contributed by atoms with Crippen LogP contribution in [0, 0.1) is 0 Å². The van der Waals surface area contributed by atoms with Gasteiger partial charge < -0.3 is 21.5 Å². The molecule has 2 heterocycles. The molecule has 0 radical (unpaired) electrons. The smallest absolute Gasteiger partial charge is 0.132 e. The Balaban J connectivity index is 1.38. The van der Waals surface area contributed by atoms with Crippen LogP contribution < -0.4 is 11.5 Å². The van der Waals surface area contributed by atoms with E-state index < -0.39 is 5.60 Å². The van der Waals surface area contributed by atoms with E-state index in [0.29, 0.717) is 12.5 Å². The number of piperazine rings is 1. The number of thiazole rings is 1. The Bertz CT molecular complexity index is 1270. The molecule has 1 aliphatic carbocycles. The van der Waals surface area contributed by atoms with Crippen LogP contribution in [0.25, 0.3) is 26.6 Å². The number of nitrogens with zero attached hydrogens (tertiary/aromatic N) is 3. The second-order valence-electron chi connectivity index (χ2n) is 10.4. The number of aliphatic hydroxyl groups is 1. The standard InChI is InChI=1S/C30H37N5OS2/c1-21(35-16-14-34(13-12-31)15-17-35)37-26(20-32)29-33-27(28(38-29)24-6-4-3-5-7-24)23-10-8-22(9-11-23)25-18-30(2,36)19-25/h3-11,20,25,36H,1,12-19,31-32H2,2H3/b26-20-/t25-,30-. The second kappa shape index (κ2) is 11.6. The minimum absolute atomic E-state index is 0.421. The first-order chi connectivity index (χ1) is 18.4. The molecule has 1 saturated carbocycles. The Morgan fingerprint density at radius 1 is 1.11 bits per heavy atom. The zero-order chi connectivity index (χ0) is 26.7. The maximum absolute atomic E-state index is 10.2. The molecule has 0 amide bonds. The van der Waals surface area contributed by atoms with E-state index in [1.807, 2.05) is 13.0 Å². The highest BCUT2D eigenvalue weighted by atomic mass is 32.2. The molecule has 1 saturated heterocycles. The van der Waals surface area contributed by atoms with Crippen molar-refractivity contribution in [3.63, 3.8) is 0 Å². The molecule has 5 N–H and O–H groups in total. The Morgan fingerprint density at radius 3 is 2.39 bits per heavy atom. The van der Waals surface area contributed by atoms with Crippen molar-refractivity contribution in [1.29, 1.82) is 0 Å². The van der Waals surface area contributed by atoms with Gasteiger partial charge in [-0.25, -0.2) is 4.98 Å². The number of aromatic nitrogens is 1. The lowest BCUT2D eigenvalue weighted by Crippen LogP contribution is -2.46. The molecule has 2 aliphatic rings. The summed E-state index contributed by atoms with van der Waals surface area (Å²) in [5.74, 6) is 0.421. The molecule has 6 nitrogen and oxygen atoms in total. The van der Waals surface area contributed by atoms with Gasteiger partial charge in [0.05, 0.1) is 26.1 Å². The molecule has 1 aliphatic heterocycles. The number of rotatable bonds is 9. The molecule has 38 heavy (non-hydrogen) atoms. The van der Waals surface area contributed by atoms with Crippen molar-refractivity contribution < 1.29 is 5.11 Å². The fraction of sp³-hybridized carbons (Fsp3) is 0.367. The van der Waals surface area contributed by atoms with Gasteiger partial charge in [-0.15, -0.1) is 11.3 Å². The minimum Gasteiger partial charge on any atom is -0.404 e. The van der Waals surface area contributed by atoms with Crippen LogP contribution in [0.1, 0.15) is 36.3 Å². The topological polar surface area (TPSA) is 91.6 Å². The van der Waals surface area contributed by atoms with Crippen LogP contribution in [-0.4, -0.2) is 64.8 Å². The van der Waals surface area contributed by atoms with Gasteiger partial charge in [-0.05, 0) is 36.8 Å². The monoisotopic (exact) mass is 547 g/mol. The van der Waals surface area contributed by atoms with Crippen molar-refractivity contribution in [3.05, 3.63) is 83.0 Å². The number of hydrogen-bond donors (Lipinski definition) is 3. The highest BCUT2D eigenvalue weighted by Crippen LogP contribution is 2.46. The van der Waals surface area contributed by atoms with Crippen molar-refractivity contribution >= 4 is 28.0 Å². The molecule has 1 aromatic heterocycles. The van der Waals surface area contributed by atoms with Gasteiger partial charge in [0.2, 0.25) is 0 Å². The maximum atomic E-state index is 10.2. The molecule has 0 bridgehead atoms. The van der Waals surface area contributed by atoms with E-state index in [1.165, 1.54) is 5.56 Å². The van der Waals surface area contributed by atoms with E-state index in [4.69, 9.17) is 16.5 Å². The summed E-state index contributed by atoms with van der Waals surface area (Å²) < 4.78 is 0. The molecule has 3 aromatic rings. The number of nitrogens with two attached hydrogens (primary N) is 2. The van der Waals surface area contributed by atoms with Crippen LogP contribution in [-0.2, 0) is 0 Å². The summed E-state index contributed by atoms with van der Waals surface area (Å²) in [5, 5.41) is 12.0. The molecule has 2 aromatic carbocycles. The first-order valence-corrected chi connectivity index (χ1v) is 14.9. The third-order valence-corrected chi connectivity index (χ3v) is 9.76. The largest absolute Gasteiger partial charge is 0.404 e. The zero-order valence-corrected chi connectivity index (χ0v) is 23.6. The van der Waals surface area contributed by atoms with Crippen molar-refractivity contribution in [1.82, 2.24) is 14.8 Å². The van der Waals surface area contributed by atoms with Crippen LogP contribution >= 0.6 is 23.1 Å². The fourth-order valence-corrected chi connectivity index (χ4v) is 7.33. The molecule has 0 unspecified atom stereocenters. The van der Waals surface area contributed by atoms with Gasteiger partial charge in [0.15, 0.2) is 0 Å². The first kappa shape index (κ1) is 27.0. The van der Waals surface area contributed by atoms with E-state index in [9.17, 15) is 5.11 Å². The summed E-state index contributed by atoms with van der Waals surface area (Å²) in [6.07, 6.45) is 3.29. The average Bonchev–Trinajstić information content (AvgIpc) is 3.37. The van der Waals surface area contributed by atoms with E-state index in [0.717, 1.165) is 82.2 Å². The van der Waals surface area contributed by atoms with Gasteiger partial charge in [-0.3, -0.25) is 4.90 Å². The SMILES string of the molecule is C=C(S/C(=C\N)c1nc(-c2ccc([C@H]3C[C@](C)(O)C3)cc2)c(-c2ccccc2)s1)N1CCN(CCN)CC1. The average molecular weight is 548 g/mol. The molecule has 8 heteroatoms. The van der Waals surface area contributed by atoms with Gasteiger partial charge in [0.25, 0.3) is 0 Å². The van der Waals surface area contributed by atoms with E-state index in [2.05, 4.69) is 64.9 Å². The van der Waals surface area contributed by atoms with Crippen LogP contribution in [0.4, 0.5) is 0 Å². The summed E-state index contributed by atoms with van der Waals surface area (Å²) in [7, 11) is 0. The van der Waals surface area contributed by atoms with Crippen molar-refractivity contribution in [2.75, 3.05) is 39.3 Å². The van der Waals surface area contributed by atoms with Crippen LogP contribution in [0.15, 0.2) is 72.4 Å². The van der Waals surface area contributed by atoms with Gasteiger partial charge in [0, 0.05) is 51.0 Å². The summed E-state index contributed by atoms with van der Waals surface area (Å²) in [5.41, 5.74) is 15.8. The lowest BCUT2D eigenvalue weighted by molar-refractivity contribution is -0.0313. The molecular formula is C30H37N5OS2. The van der Waals surface area contributed by atoms with Crippen LogP contribution in [0.3, 0.4) is 0 Å². The maximum Gasteiger partial charge on any atom is 0.132 e. The highest BCUT2D eigenvalue weighted by Gasteiger charge is 2.39. The summed E-state index contributed by atoms with van der Waals surface area (Å²) in [4.78, 5) is 11.9. The number of hydrogen-bond acceptors (Lipinski definition) is 8. The summed E-state index contributed by atoms with van der Waals surface area (Å²) in [6, 6.07) is 19.1. The second-order valence-corrected chi connectivity index (χ2v) is 12.5. The molecule has 200 valence electrons. The first-order valence-electron chi connectivity index (χ1n) is 13.2. The van der Waals surface area contributed by atoms with Gasteiger partial charge >= 0.3 is 0 Å². The van der Waals surface area contributed by atoms with Crippen molar-refractivity contribution in [2.45, 2.75) is 31.3 Å². The van der Waals surface area contributed by atoms with E-state index in [1.54, 1.807) is 29.3 Å². The Morgan fingerprint density at radius 2 is 1.79 bits per heavy atom. The quantitative estimate of drug-likeness (QED) is 0.342. The third kappa shape index (κ3) is 6.00. The minimum atomic E-state index is -0.529. The van der Waals surface area contributed by atoms with Gasteiger partial charge in [-0.1, -0.05) is 72.9 Å². The third-order valence-electron chi connectivity index (χ3n) is 7.45. The van der Waals surface area contributed by atoms with E-state index in [-0.39, 0.29) is 0 Å². The molecule has 2 fully saturated rings. The predicted molar refractivity (Wildman–Crippen MR) is 162 cm³/mol. The Hall–Kier alpha value is -2.62. The zero-order valence-electron chi connectivity index (χ0n) is 22.0. The normalized spacial score (nSPS) is 22.3. The van der Waals surface area contributed by atoms with Gasteiger partial charge in [0.1, 0.15) is 5.01 Å². The number of benzene rings is 2. The molecule has 0 spiro atoms. The van der Waals surface area contributed by atoms with E-state index >= 15 is 0 Å². The van der Waals surface area contributed by atoms with Crippen molar-refractivity contribution in [2.24, 2.45) is 11.5 Å². The highest BCUT2D eigenvalue weighted by molar-refractivity contribution is 8.11. The Labute approximate surface area is 234 Å². The lowest BCUT2D eigenvalue weighted by Gasteiger charge is -2.41. The summed E-state index contributed by atoms with van der Waals surface area (Å²) >= 11 is 3.26. The predicted octanol–water partition coefficient (Wildman–Crippen LogP) is 5.14. The molecular weight excluding hydrogens is 510 g/mol. The van der Waals surface area contributed by atoms with Crippen LogP contribution in [0.2, 0.25) is 0 Å². The van der Waals surface area contributed by atoms with Crippen molar-refractivity contribution in [3.8, 4) is 21.7 Å². The lowest BCUT2D eigenvalue weighted by atomic mass is 9.69.